The van der Waals surface area contributed by atoms with Crippen LogP contribution in [-0.2, 0) is 4.74 Å². The zero-order valence-electron chi connectivity index (χ0n) is 19.2. The summed E-state index contributed by atoms with van der Waals surface area (Å²) in [4.78, 5) is 17.3. The number of benzene rings is 2. The summed E-state index contributed by atoms with van der Waals surface area (Å²) in [5.74, 6) is 1.64. The minimum Gasteiger partial charge on any atom is -0.497 e. The zero-order chi connectivity index (χ0) is 24.2. The average Bonchev–Trinajstić information content (AvgIpc) is 3.32. The molecule has 0 saturated heterocycles. The molecule has 3 aromatic heterocycles. The van der Waals surface area contributed by atoms with Gasteiger partial charge in [0.25, 0.3) is 0 Å². The summed E-state index contributed by atoms with van der Waals surface area (Å²) in [6.45, 7) is 2.00. The van der Waals surface area contributed by atoms with Gasteiger partial charge in [0.05, 0.1) is 31.1 Å². The van der Waals surface area contributed by atoms with Crippen molar-refractivity contribution in [1.29, 1.82) is 0 Å². The van der Waals surface area contributed by atoms with Gasteiger partial charge in [0.1, 0.15) is 11.3 Å². The Labute approximate surface area is 201 Å². The average molecular weight is 467 g/mol. The number of rotatable bonds is 7. The SMILES string of the molecule is CCOC(=O)c1cnn(-c2ccc3ccccc3n2)c1Nc1ccc(-c2ccc(OC)cc2)nn1. The molecule has 1 N–H and O–H groups in total. The Morgan fingerprint density at radius 3 is 2.54 bits per heavy atom. The Morgan fingerprint density at radius 1 is 0.971 bits per heavy atom. The summed E-state index contributed by atoms with van der Waals surface area (Å²) in [5, 5.41) is 17.2. The lowest BCUT2D eigenvalue weighted by Crippen LogP contribution is -2.11. The topological polar surface area (TPSA) is 104 Å². The van der Waals surface area contributed by atoms with E-state index in [0.717, 1.165) is 22.2 Å². The largest absolute Gasteiger partial charge is 0.497 e. The molecule has 9 heteroatoms. The predicted molar refractivity (Wildman–Crippen MR) is 132 cm³/mol. The molecular weight excluding hydrogens is 444 g/mol. The van der Waals surface area contributed by atoms with Gasteiger partial charge in [-0.3, -0.25) is 0 Å². The van der Waals surface area contributed by atoms with Crippen LogP contribution in [0.4, 0.5) is 11.6 Å². The second-order valence-electron chi connectivity index (χ2n) is 7.56. The molecular formula is C26H22N6O3. The summed E-state index contributed by atoms with van der Waals surface area (Å²) in [7, 11) is 1.62. The first-order valence-corrected chi connectivity index (χ1v) is 11.0. The Morgan fingerprint density at radius 2 is 1.80 bits per heavy atom. The number of hydrogen-bond acceptors (Lipinski definition) is 8. The van der Waals surface area contributed by atoms with Gasteiger partial charge in [-0.2, -0.15) is 9.78 Å². The van der Waals surface area contributed by atoms with Gasteiger partial charge in [-0.15, -0.1) is 10.2 Å². The van der Waals surface area contributed by atoms with Crippen molar-refractivity contribution in [3.63, 3.8) is 0 Å². The fourth-order valence-electron chi connectivity index (χ4n) is 3.61. The maximum Gasteiger partial charge on any atom is 0.343 e. The molecule has 0 amide bonds. The first kappa shape index (κ1) is 22.0. The van der Waals surface area contributed by atoms with Gasteiger partial charge in [0.15, 0.2) is 17.5 Å². The van der Waals surface area contributed by atoms with Crippen molar-refractivity contribution in [2.75, 3.05) is 19.0 Å². The third-order valence-corrected chi connectivity index (χ3v) is 5.36. The molecule has 0 atom stereocenters. The number of carbonyl (C=O) groups is 1. The molecule has 0 unspecified atom stereocenters. The molecule has 5 rings (SSSR count). The van der Waals surface area contributed by atoms with Gasteiger partial charge in [0.2, 0.25) is 0 Å². The van der Waals surface area contributed by atoms with Crippen LogP contribution in [0.2, 0.25) is 0 Å². The minimum atomic E-state index is -0.496. The van der Waals surface area contributed by atoms with Crippen molar-refractivity contribution in [2.45, 2.75) is 6.92 Å². The lowest BCUT2D eigenvalue weighted by Gasteiger charge is -2.11. The van der Waals surface area contributed by atoms with Gasteiger partial charge in [0, 0.05) is 10.9 Å². The smallest absolute Gasteiger partial charge is 0.343 e. The summed E-state index contributed by atoms with van der Waals surface area (Å²) in [5.41, 5.74) is 2.69. The molecule has 0 aliphatic rings. The van der Waals surface area contributed by atoms with Crippen LogP contribution in [0.5, 0.6) is 5.75 Å². The number of carbonyl (C=O) groups excluding carboxylic acids is 1. The normalized spacial score (nSPS) is 10.8. The molecule has 3 heterocycles. The number of nitrogens with one attached hydrogen (secondary N) is 1. The predicted octanol–water partition coefficient (Wildman–Crippen LogP) is 4.81. The van der Waals surface area contributed by atoms with E-state index in [1.807, 2.05) is 66.7 Å². The van der Waals surface area contributed by atoms with E-state index in [4.69, 9.17) is 14.5 Å². The number of ether oxygens (including phenoxy) is 2. The number of fused-ring (bicyclic) bond motifs is 1. The standard InChI is InChI=1S/C26H22N6O3/c1-3-35-26(33)20-16-27-32(24-15-10-17-6-4-5-7-21(17)28-24)25(20)29-23-14-13-22(30-31-23)18-8-11-19(34-2)12-9-18/h4-16H,3H2,1-2H3,(H,29,31). The third-order valence-electron chi connectivity index (χ3n) is 5.36. The molecule has 5 aromatic rings. The van der Waals surface area contributed by atoms with E-state index in [0.29, 0.717) is 23.1 Å². The van der Waals surface area contributed by atoms with E-state index >= 15 is 0 Å². The van der Waals surface area contributed by atoms with Crippen LogP contribution in [0.25, 0.3) is 28.0 Å². The molecule has 0 spiro atoms. The van der Waals surface area contributed by atoms with Gasteiger partial charge in [-0.05, 0) is 61.5 Å². The second kappa shape index (κ2) is 9.60. The summed E-state index contributed by atoms with van der Waals surface area (Å²) < 4.78 is 12.0. The Balaban J connectivity index is 1.49. The summed E-state index contributed by atoms with van der Waals surface area (Å²) in [6.07, 6.45) is 1.45. The Hall–Kier alpha value is -4.79. The fourth-order valence-corrected chi connectivity index (χ4v) is 3.61. The van der Waals surface area contributed by atoms with Crippen LogP contribution >= 0.6 is 0 Å². The molecule has 0 bridgehead atoms. The highest BCUT2D eigenvalue weighted by atomic mass is 16.5. The number of methoxy groups -OCH3 is 1. The van der Waals surface area contributed by atoms with E-state index in [1.165, 1.54) is 6.20 Å². The lowest BCUT2D eigenvalue weighted by atomic mass is 10.1. The molecule has 0 aliphatic carbocycles. The maximum absolute atomic E-state index is 12.6. The van der Waals surface area contributed by atoms with Crippen LogP contribution < -0.4 is 10.1 Å². The van der Waals surface area contributed by atoms with Gasteiger partial charge >= 0.3 is 5.97 Å². The van der Waals surface area contributed by atoms with Gasteiger partial charge < -0.3 is 14.8 Å². The number of pyridine rings is 1. The monoisotopic (exact) mass is 466 g/mol. The zero-order valence-corrected chi connectivity index (χ0v) is 19.2. The highest BCUT2D eigenvalue weighted by Gasteiger charge is 2.21. The number of aromatic nitrogens is 5. The van der Waals surface area contributed by atoms with Crippen LogP contribution in [0.1, 0.15) is 17.3 Å². The van der Waals surface area contributed by atoms with Crippen molar-refractivity contribution >= 4 is 28.5 Å². The highest BCUT2D eigenvalue weighted by Crippen LogP contribution is 2.26. The number of nitrogens with zero attached hydrogens (tertiary/aromatic N) is 5. The molecule has 0 fully saturated rings. The van der Waals surface area contributed by atoms with Crippen molar-refractivity contribution in [2.24, 2.45) is 0 Å². The molecule has 0 radical (unpaired) electrons. The van der Waals surface area contributed by atoms with E-state index in [-0.39, 0.29) is 12.2 Å². The molecule has 0 aliphatic heterocycles. The number of hydrogen-bond donors (Lipinski definition) is 1. The maximum atomic E-state index is 12.6. The first-order chi connectivity index (χ1) is 17.2. The van der Waals surface area contributed by atoms with Crippen molar-refractivity contribution in [3.8, 4) is 22.8 Å². The molecule has 0 saturated carbocycles. The fraction of sp³-hybridized carbons (Fsp3) is 0.115. The molecule has 2 aromatic carbocycles. The molecule has 35 heavy (non-hydrogen) atoms. The lowest BCUT2D eigenvalue weighted by molar-refractivity contribution is 0.0527. The van der Waals surface area contributed by atoms with Crippen LogP contribution in [0.15, 0.2) is 79.0 Å². The summed E-state index contributed by atoms with van der Waals surface area (Å²) >= 11 is 0. The van der Waals surface area contributed by atoms with E-state index in [9.17, 15) is 4.79 Å². The van der Waals surface area contributed by atoms with Crippen LogP contribution in [0.3, 0.4) is 0 Å². The quantitative estimate of drug-likeness (QED) is 0.341. The van der Waals surface area contributed by atoms with Crippen LogP contribution in [-0.4, -0.2) is 44.6 Å². The van der Waals surface area contributed by atoms with Crippen molar-refractivity contribution < 1.29 is 14.3 Å². The van der Waals surface area contributed by atoms with E-state index < -0.39 is 5.97 Å². The second-order valence-corrected chi connectivity index (χ2v) is 7.56. The number of anilines is 2. The van der Waals surface area contributed by atoms with E-state index in [2.05, 4.69) is 20.6 Å². The van der Waals surface area contributed by atoms with Crippen molar-refractivity contribution in [1.82, 2.24) is 25.0 Å². The highest BCUT2D eigenvalue weighted by molar-refractivity contribution is 5.95. The Kier molecular flexibility index (Phi) is 6.04. The van der Waals surface area contributed by atoms with Gasteiger partial charge in [-0.25, -0.2) is 9.78 Å². The van der Waals surface area contributed by atoms with Crippen molar-refractivity contribution in [3.05, 3.63) is 84.6 Å². The molecule has 174 valence electrons. The first-order valence-electron chi connectivity index (χ1n) is 11.0. The number of para-hydroxylation sites is 1. The van der Waals surface area contributed by atoms with Crippen LogP contribution in [0, 0.1) is 0 Å². The number of esters is 1. The van der Waals surface area contributed by atoms with E-state index in [1.54, 1.807) is 24.8 Å². The molecule has 9 nitrogen and oxygen atoms in total. The van der Waals surface area contributed by atoms with Gasteiger partial charge in [-0.1, -0.05) is 18.2 Å². The minimum absolute atomic E-state index is 0.244. The third kappa shape index (κ3) is 4.51. The summed E-state index contributed by atoms with van der Waals surface area (Å²) in [6, 6.07) is 22.8. The Bertz CT molecular complexity index is 1480.